The number of carbonyl (C=O) groups excluding carboxylic acids is 1. The summed E-state index contributed by atoms with van der Waals surface area (Å²) >= 11 is 1.51. The summed E-state index contributed by atoms with van der Waals surface area (Å²) in [5.41, 5.74) is 0.0953. The molecule has 0 bridgehead atoms. The molecular weight excluding hydrogens is 276 g/mol. The van der Waals surface area contributed by atoms with Gasteiger partial charge in [-0.2, -0.15) is 0 Å². The summed E-state index contributed by atoms with van der Waals surface area (Å²) in [6, 6.07) is 5.88. The van der Waals surface area contributed by atoms with Crippen LogP contribution in [0, 0.1) is 5.41 Å². The van der Waals surface area contributed by atoms with Crippen LogP contribution < -0.4 is 10.6 Å². The number of carboxylic acids is 1. The van der Waals surface area contributed by atoms with Crippen molar-refractivity contribution in [1.29, 1.82) is 0 Å². The first-order valence-corrected chi connectivity index (χ1v) is 7.41. The van der Waals surface area contributed by atoms with Crippen LogP contribution in [0.3, 0.4) is 0 Å². The first-order chi connectivity index (χ1) is 9.25. The van der Waals surface area contributed by atoms with E-state index in [1.807, 2.05) is 24.5 Å². The number of aliphatic carboxylic acids is 1. The highest BCUT2D eigenvalue weighted by atomic mass is 32.2. The van der Waals surface area contributed by atoms with Crippen molar-refractivity contribution in [3.63, 3.8) is 0 Å². The molecule has 1 atom stereocenters. The van der Waals surface area contributed by atoms with Crippen molar-refractivity contribution in [2.45, 2.75) is 31.7 Å². The van der Waals surface area contributed by atoms with Gasteiger partial charge in [0.25, 0.3) is 0 Å². The Kier molecular flexibility index (Phi) is 5.44. The number of carboxylic acid groups (broad SMARTS) is 1. The van der Waals surface area contributed by atoms with Gasteiger partial charge in [-0.15, -0.1) is 11.8 Å². The summed E-state index contributed by atoms with van der Waals surface area (Å²) in [5, 5.41) is 14.4. The lowest BCUT2D eigenvalue weighted by molar-refractivity contribution is -0.141. The van der Waals surface area contributed by atoms with Crippen molar-refractivity contribution in [2.24, 2.45) is 5.41 Å². The summed E-state index contributed by atoms with van der Waals surface area (Å²) in [5.74, 6) is -1.05. The Bertz CT molecular complexity index is 497. The molecule has 0 radical (unpaired) electrons. The normalized spacial score (nSPS) is 12.6. The van der Waals surface area contributed by atoms with Gasteiger partial charge in [-0.3, -0.25) is 0 Å². The third-order valence-corrected chi connectivity index (χ3v) is 3.54. The number of carbonyl (C=O) groups is 2. The Labute approximate surface area is 123 Å². The maximum Gasteiger partial charge on any atom is 0.326 e. The second-order valence-electron chi connectivity index (χ2n) is 5.44. The minimum atomic E-state index is -1.05. The lowest BCUT2D eigenvalue weighted by atomic mass is 9.87. The highest BCUT2D eigenvalue weighted by Gasteiger charge is 2.32. The second-order valence-corrected chi connectivity index (χ2v) is 6.28. The molecule has 0 aliphatic carbocycles. The number of hydrogen-bond acceptors (Lipinski definition) is 3. The fraction of sp³-hybridized carbons (Fsp3) is 0.429. The molecule has 2 amide bonds. The number of para-hydroxylation sites is 1. The first kappa shape index (κ1) is 16.4. The molecule has 0 aliphatic heterocycles. The largest absolute Gasteiger partial charge is 0.480 e. The van der Waals surface area contributed by atoms with Gasteiger partial charge >= 0.3 is 12.0 Å². The molecule has 3 N–H and O–H groups in total. The monoisotopic (exact) mass is 296 g/mol. The van der Waals surface area contributed by atoms with E-state index in [1.165, 1.54) is 11.8 Å². The molecule has 20 heavy (non-hydrogen) atoms. The SMILES string of the molecule is CSc1ccccc1NC(=O)N[C@@H](C(=O)O)C(C)(C)C. The van der Waals surface area contributed by atoms with Gasteiger partial charge in [0.15, 0.2) is 0 Å². The summed E-state index contributed by atoms with van der Waals surface area (Å²) < 4.78 is 0. The summed E-state index contributed by atoms with van der Waals surface area (Å²) in [7, 11) is 0. The van der Waals surface area contributed by atoms with Crippen LogP contribution in [0.5, 0.6) is 0 Å². The van der Waals surface area contributed by atoms with Gasteiger partial charge in [-0.1, -0.05) is 32.9 Å². The molecule has 1 aromatic rings. The Hall–Kier alpha value is -1.69. The predicted octanol–water partition coefficient (Wildman–Crippen LogP) is 3.03. The third kappa shape index (κ3) is 4.45. The van der Waals surface area contributed by atoms with Crippen LogP contribution in [0.4, 0.5) is 10.5 Å². The van der Waals surface area contributed by atoms with E-state index < -0.39 is 23.5 Å². The minimum Gasteiger partial charge on any atom is -0.480 e. The van der Waals surface area contributed by atoms with Crippen molar-refractivity contribution >= 4 is 29.4 Å². The van der Waals surface area contributed by atoms with E-state index in [0.29, 0.717) is 5.69 Å². The van der Waals surface area contributed by atoms with E-state index in [9.17, 15) is 14.7 Å². The molecule has 0 unspecified atom stereocenters. The number of urea groups is 1. The van der Waals surface area contributed by atoms with E-state index in [-0.39, 0.29) is 0 Å². The third-order valence-electron chi connectivity index (χ3n) is 2.74. The van der Waals surface area contributed by atoms with Crippen LogP contribution >= 0.6 is 11.8 Å². The quantitative estimate of drug-likeness (QED) is 0.746. The zero-order chi connectivity index (χ0) is 15.3. The summed E-state index contributed by atoms with van der Waals surface area (Å²) in [4.78, 5) is 24.1. The fourth-order valence-electron chi connectivity index (χ4n) is 1.69. The van der Waals surface area contributed by atoms with Crippen LogP contribution in [0.25, 0.3) is 0 Å². The highest BCUT2D eigenvalue weighted by Crippen LogP contribution is 2.25. The average molecular weight is 296 g/mol. The fourth-order valence-corrected chi connectivity index (χ4v) is 2.24. The summed E-state index contributed by atoms with van der Waals surface area (Å²) in [6.07, 6.45) is 1.91. The molecule has 5 nitrogen and oxygen atoms in total. The van der Waals surface area contributed by atoms with Crippen LogP contribution in [-0.4, -0.2) is 29.4 Å². The number of nitrogens with one attached hydrogen (secondary N) is 2. The lowest BCUT2D eigenvalue weighted by Crippen LogP contribution is -2.50. The van der Waals surface area contributed by atoms with Crippen molar-refractivity contribution in [2.75, 3.05) is 11.6 Å². The molecule has 0 spiro atoms. The lowest BCUT2D eigenvalue weighted by Gasteiger charge is -2.27. The zero-order valence-electron chi connectivity index (χ0n) is 12.1. The molecular formula is C14H20N2O3S. The van der Waals surface area contributed by atoms with Gasteiger partial charge < -0.3 is 15.7 Å². The second kappa shape index (κ2) is 6.65. The predicted molar refractivity (Wildman–Crippen MR) is 81.3 cm³/mol. The van der Waals surface area contributed by atoms with Crippen molar-refractivity contribution in [3.8, 4) is 0 Å². The number of thioether (sulfide) groups is 1. The molecule has 1 aromatic carbocycles. The van der Waals surface area contributed by atoms with Gasteiger partial charge in [0.1, 0.15) is 6.04 Å². The van der Waals surface area contributed by atoms with Crippen LogP contribution in [0.1, 0.15) is 20.8 Å². The van der Waals surface area contributed by atoms with Gasteiger partial charge in [0.05, 0.1) is 5.69 Å². The van der Waals surface area contributed by atoms with E-state index in [4.69, 9.17) is 0 Å². The van der Waals surface area contributed by atoms with Crippen LogP contribution in [0.2, 0.25) is 0 Å². The molecule has 1 rings (SSSR count). The number of rotatable bonds is 4. The van der Waals surface area contributed by atoms with Crippen LogP contribution in [-0.2, 0) is 4.79 Å². The number of anilines is 1. The average Bonchev–Trinajstić information content (AvgIpc) is 2.35. The molecule has 0 aromatic heterocycles. The number of benzene rings is 1. The van der Waals surface area contributed by atoms with Crippen LogP contribution in [0.15, 0.2) is 29.2 Å². The molecule has 110 valence electrons. The molecule has 0 saturated heterocycles. The van der Waals surface area contributed by atoms with Gasteiger partial charge in [-0.05, 0) is 23.8 Å². The molecule has 0 saturated carbocycles. The summed E-state index contributed by atoms with van der Waals surface area (Å²) in [6.45, 7) is 5.30. The number of amides is 2. The van der Waals surface area contributed by atoms with E-state index in [1.54, 1.807) is 26.8 Å². The van der Waals surface area contributed by atoms with Crippen molar-refractivity contribution < 1.29 is 14.7 Å². The van der Waals surface area contributed by atoms with E-state index in [0.717, 1.165) is 4.90 Å². The molecule has 0 fully saturated rings. The van der Waals surface area contributed by atoms with Gasteiger partial charge in [-0.25, -0.2) is 9.59 Å². The molecule has 0 heterocycles. The van der Waals surface area contributed by atoms with Crippen molar-refractivity contribution in [3.05, 3.63) is 24.3 Å². The Morgan fingerprint density at radius 1 is 1.25 bits per heavy atom. The highest BCUT2D eigenvalue weighted by molar-refractivity contribution is 7.98. The Morgan fingerprint density at radius 3 is 2.35 bits per heavy atom. The Morgan fingerprint density at radius 2 is 1.85 bits per heavy atom. The van der Waals surface area contributed by atoms with Gasteiger partial charge in [0.2, 0.25) is 0 Å². The zero-order valence-corrected chi connectivity index (χ0v) is 12.9. The smallest absolute Gasteiger partial charge is 0.326 e. The maximum atomic E-state index is 11.9. The molecule has 6 heteroatoms. The van der Waals surface area contributed by atoms with Gasteiger partial charge in [0, 0.05) is 4.90 Å². The van der Waals surface area contributed by atoms with Crippen molar-refractivity contribution in [1.82, 2.24) is 5.32 Å². The topological polar surface area (TPSA) is 78.4 Å². The Balaban J connectivity index is 2.79. The first-order valence-electron chi connectivity index (χ1n) is 6.19. The maximum absolute atomic E-state index is 11.9. The standard InChI is InChI=1S/C14H20N2O3S/c1-14(2,3)11(12(17)18)16-13(19)15-9-7-5-6-8-10(9)20-4/h5-8,11H,1-4H3,(H,17,18)(H2,15,16,19)/t11-/m0/s1. The van der Waals surface area contributed by atoms with E-state index in [2.05, 4.69) is 10.6 Å². The number of hydrogen-bond donors (Lipinski definition) is 3. The van der Waals surface area contributed by atoms with E-state index >= 15 is 0 Å². The molecule has 0 aliphatic rings. The minimum absolute atomic E-state index is 0.520.